The van der Waals surface area contributed by atoms with Crippen LogP contribution in [0.2, 0.25) is 0 Å². The number of amides is 2. The summed E-state index contributed by atoms with van der Waals surface area (Å²) in [5.74, 6) is -0.200. The van der Waals surface area contributed by atoms with Gasteiger partial charge in [-0.25, -0.2) is 0 Å². The first-order chi connectivity index (χ1) is 12.5. The van der Waals surface area contributed by atoms with Gasteiger partial charge in [0.15, 0.2) is 0 Å². The second-order valence-electron chi connectivity index (χ2n) is 7.30. The van der Waals surface area contributed by atoms with Crippen molar-refractivity contribution in [2.24, 2.45) is 5.92 Å². The molecular formula is C18H22N4O4. The van der Waals surface area contributed by atoms with Crippen molar-refractivity contribution in [2.75, 3.05) is 18.0 Å². The first-order valence-corrected chi connectivity index (χ1v) is 9.10. The number of nitrogens with one attached hydrogen (secondary N) is 1. The molecular weight excluding hydrogens is 336 g/mol. The van der Waals surface area contributed by atoms with E-state index in [0.717, 1.165) is 25.8 Å². The van der Waals surface area contributed by atoms with Crippen LogP contribution in [0.1, 0.15) is 26.2 Å². The number of carbonyl (C=O) groups is 2. The van der Waals surface area contributed by atoms with Crippen LogP contribution in [-0.2, 0) is 9.59 Å². The monoisotopic (exact) mass is 358 g/mol. The van der Waals surface area contributed by atoms with Crippen molar-refractivity contribution in [3.05, 3.63) is 34.4 Å². The van der Waals surface area contributed by atoms with Crippen LogP contribution < -0.4 is 10.2 Å². The van der Waals surface area contributed by atoms with E-state index >= 15 is 0 Å². The van der Waals surface area contributed by atoms with Gasteiger partial charge < -0.3 is 15.1 Å². The maximum atomic E-state index is 12.9. The highest BCUT2D eigenvalue weighted by Gasteiger charge is 2.54. The lowest BCUT2D eigenvalue weighted by Gasteiger charge is -2.28. The van der Waals surface area contributed by atoms with Crippen molar-refractivity contribution in [2.45, 2.75) is 44.3 Å². The summed E-state index contributed by atoms with van der Waals surface area (Å²) >= 11 is 0. The number of hydrogen-bond donors (Lipinski definition) is 1. The molecule has 0 radical (unpaired) electrons. The average molecular weight is 358 g/mol. The lowest BCUT2D eigenvalue weighted by Crippen LogP contribution is -2.48. The third-order valence-electron chi connectivity index (χ3n) is 5.87. The first-order valence-electron chi connectivity index (χ1n) is 9.10. The zero-order valence-electron chi connectivity index (χ0n) is 14.6. The molecule has 26 heavy (non-hydrogen) atoms. The van der Waals surface area contributed by atoms with Crippen LogP contribution in [0, 0.1) is 16.0 Å². The van der Waals surface area contributed by atoms with Gasteiger partial charge in [-0.15, -0.1) is 0 Å². The zero-order valence-corrected chi connectivity index (χ0v) is 14.6. The Morgan fingerprint density at radius 1 is 1.27 bits per heavy atom. The summed E-state index contributed by atoms with van der Waals surface area (Å²) in [7, 11) is 0. The van der Waals surface area contributed by atoms with E-state index in [-0.39, 0.29) is 41.5 Å². The molecule has 4 atom stereocenters. The lowest BCUT2D eigenvalue weighted by atomic mass is 10.0. The minimum atomic E-state index is -0.453. The highest BCUT2D eigenvalue weighted by Crippen LogP contribution is 2.40. The van der Waals surface area contributed by atoms with E-state index < -0.39 is 4.92 Å². The molecule has 138 valence electrons. The molecule has 0 saturated carbocycles. The fraction of sp³-hybridized carbons (Fsp3) is 0.556. The van der Waals surface area contributed by atoms with E-state index in [1.807, 2.05) is 11.8 Å². The molecule has 1 N–H and O–H groups in total. The minimum Gasteiger partial charge on any atom is -0.335 e. The number of nitrogens with zero attached hydrogens (tertiary/aromatic N) is 3. The summed E-state index contributed by atoms with van der Waals surface area (Å²) in [6.07, 6.45) is 2.58. The molecule has 0 aliphatic carbocycles. The van der Waals surface area contributed by atoms with Gasteiger partial charge in [0.05, 0.1) is 29.0 Å². The molecule has 3 saturated heterocycles. The summed E-state index contributed by atoms with van der Waals surface area (Å²) in [5.41, 5.74) is 0.661. The molecule has 3 aliphatic rings. The Kier molecular flexibility index (Phi) is 4.14. The number of non-ortho nitro benzene ring substituents is 1. The summed E-state index contributed by atoms with van der Waals surface area (Å²) in [6, 6.07) is 5.74. The number of likely N-dealkylation sites (tertiary alicyclic amines) is 1. The maximum Gasteiger partial charge on any atom is 0.269 e. The first kappa shape index (κ1) is 17.0. The van der Waals surface area contributed by atoms with Crippen molar-refractivity contribution in [3.63, 3.8) is 0 Å². The third-order valence-corrected chi connectivity index (χ3v) is 5.87. The van der Waals surface area contributed by atoms with Gasteiger partial charge >= 0.3 is 0 Å². The van der Waals surface area contributed by atoms with Crippen LogP contribution in [0.3, 0.4) is 0 Å². The standard InChI is InChI=1S/C18H22N4O4/c1-11-16-15(8-10-20(16)18(24)14-3-2-9-19-14)21(17(11)23)12-4-6-13(7-5-12)22(25)26/h4-7,11,14-16,19H,2-3,8-10H2,1H3/t11-,14-,15-,16+/m0/s1. The highest BCUT2D eigenvalue weighted by molar-refractivity contribution is 6.00. The molecule has 0 aromatic heterocycles. The average Bonchev–Trinajstić information content (AvgIpc) is 3.35. The van der Waals surface area contributed by atoms with E-state index in [2.05, 4.69) is 5.32 Å². The quantitative estimate of drug-likeness (QED) is 0.649. The topological polar surface area (TPSA) is 95.8 Å². The van der Waals surface area contributed by atoms with Crippen molar-refractivity contribution < 1.29 is 14.5 Å². The molecule has 1 aromatic rings. The van der Waals surface area contributed by atoms with E-state index in [9.17, 15) is 19.7 Å². The van der Waals surface area contributed by atoms with Crippen molar-refractivity contribution in [1.82, 2.24) is 10.2 Å². The normalized spacial score (nSPS) is 30.7. The minimum absolute atomic E-state index is 0.000489. The largest absolute Gasteiger partial charge is 0.335 e. The molecule has 8 nitrogen and oxygen atoms in total. The van der Waals surface area contributed by atoms with Crippen molar-refractivity contribution >= 4 is 23.2 Å². The predicted octanol–water partition coefficient (Wildman–Crippen LogP) is 1.30. The van der Waals surface area contributed by atoms with Gasteiger partial charge in [0, 0.05) is 24.4 Å². The predicted molar refractivity (Wildman–Crippen MR) is 94.7 cm³/mol. The highest BCUT2D eigenvalue weighted by atomic mass is 16.6. The summed E-state index contributed by atoms with van der Waals surface area (Å²) in [5, 5.41) is 14.1. The van der Waals surface area contributed by atoms with E-state index in [4.69, 9.17) is 0 Å². The molecule has 3 heterocycles. The Bertz CT molecular complexity index is 744. The maximum absolute atomic E-state index is 12.9. The molecule has 0 bridgehead atoms. The van der Waals surface area contributed by atoms with Crippen LogP contribution >= 0.6 is 0 Å². The molecule has 0 spiro atoms. The number of nitro benzene ring substituents is 1. The SMILES string of the molecule is C[C@@H]1C(=O)N(c2ccc([N+](=O)[O-])cc2)[C@H]2CCN(C(=O)[C@@H]3CCCN3)[C@H]12. The van der Waals surface area contributed by atoms with Gasteiger partial charge in [0.25, 0.3) is 5.69 Å². The van der Waals surface area contributed by atoms with Crippen LogP contribution in [0.15, 0.2) is 24.3 Å². The summed E-state index contributed by atoms with van der Waals surface area (Å²) in [4.78, 5) is 39.7. The Morgan fingerprint density at radius 2 is 2.00 bits per heavy atom. The van der Waals surface area contributed by atoms with Crippen LogP contribution in [0.25, 0.3) is 0 Å². The Labute approximate surface area is 151 Å². The zero-order chi connectivity index (χ0) is 18.4. The number of benzene rings is 1. The number of nitro groups is 1. The van der Waals surface area contributed by atoms with Gasteiger partial charge in [0.2, 0.25) is 11.8 Å². The van der Waals surface area contributed by atoms with Gasteiger partial charge in [-0.05, 0) is 37.9 Å². The Morgan fingerprint density at radius 3 is 2.62 bits per heavy atom. The number of fused-ring (bicyclic) bond motifs is 1. The molecule has 1 aromatic carbocycles. The summed E-state index contributed by atoms with van der Waals surface area (Å²) in [6.45, 7) is 3.38. The Balaban J connectivity index is 1.58. The van der Waals surface area contributed by atoms with Crippen molar-refractivity contribution in [3.8, 4) is 0 Å². The lowest BCUT2D eigenvalue weighted by molar-refractivity contribution is -0.384. The molecule has 3 aliphatic heterocycles. The van der Waals surface area contributed by atoms with Crippen LogP contribution in [0.4, 0.5) is 11.4 Å². The fourth-order valence-electron chi connectivity index (χ4n) is 4.62. The van der Waals surface area contributed by atoms with Crippen molar-refractivity contribution in [1.29, 1.82) is 0 Å². The number of rotatable bonds is 3. The second kappa shape index (κ2) is 6.35. The van der Waals surface area contributed by atoms with E-state index in [0.29, 0.717) is 12.2 Å². The fourth-order valence-corrected chi connectivity index (χ4v) is 4.62. The number of hydrogen-bond acceptors (Lipinski definition) is 5. The molecule has 0 unspecified atom stereocenters. The van der Waals surface area contributed by atoms with Crippen LogP contribution in [0.5, 0.6) is 0 Å². The van der Waals surface area contributed by atoms with Gasteiger partial charge in [0.1, 0.15) is 0 Å². The number of anilines is 1. The van der Waals surface area contributed by atoms with Gasteiger partial charge in [-0.2, -0.15) is 0 Å². The molecule has 3 fully saturated rings. The molecule has 4 rings (SSSR count). The second-order valence-corrected chi connectivity index (χ2v) is 7.30. The van der Waals surface area contributed by atoms with Gasteiger partial charge in [-0.3, -0.25) is 19.7 Å². The third kappa shape index (κ3) is 2.56. The van der Waals surface area contributed by atoms with Crippen LogP contribution in [-0.4, -0.2) is 52.9 Å². The summed E-state index contributed by atoms with van der Waals surface area (Å²) < 4.78 is 0. The Hall–Kier alpha value is -2.48. The molecule has 8 heteroatoms. The van der Waals surface area contributed by atoms with E-state index in [1.165, 1.54) is 12.1 Å². The molecule has 2 amide bonds. The van der Waals surface area contributed by atoms with E-state index in [1.54, 1.807) is 17.0 Å². The number of carbonyl (C=O) groups excluding carboxylic acids is 2. The van der Waals surface area contributed by atoms with Gasteiger partial charge in [-0.1, -0.05) is 6.92 Å². The smallest absolute Gasteiger partial charge is 0.269 e.